The van der Waals surface area contributed by atoms with E-state index in [1.165, 1.54) is 0 Å². The molecular formula is C11H15NO. The van der Waals surface area contributed by atoms with Crippen LogP contribution in [0.4, 0.5) is 0 Å². The maximum Gasteiger partial charge on any atom is 0.251 e. The molecule has 0 aliphatic carbocycles. The standard InChI is InChI=1S/C11H15NO/c1-9(2)8-12-11(13)10-6-4-3-5-7-10/h3-7,9H,8H2,1-2H3,(H,12,13)/i1D3,2D3. The molecule has 0 unspecified atom stereocenters. The average Bonchev–Trinajstić information content (AvgIpc) is 2.26. The quantitative estimate of drug-likeness (QED) is 0.763. The molecule has 0 aromatic heterocycles. The summed E-state index contributed by atoms with van der Waals surface area (Å²) < 4.78 is 43.3. The molecule has 0 heterocycles. The van der Waals surface area contributed by atoms with Crippen LogP contribution in [0.5, 0.6) is 0 Å². The van der Waals surface area contributed by atoms with Gasteiger partial charge in [-0.15, -0.1) is 0 Å². The highest BCUT2D eigenvalue weighted by molar-refractivity contribution is 5.94. The molecule has 1 aromatic rings. The Labute approximate surface area is 87.4 Å². The average molecular weight is 183 g/mol. The molecule has 0 fully saturated rings. The minimum Gasteiger partial charge on any atom is -0.352 e. The summed E-state index contributed by atoms with van der Waals surface area (Å²) in [7, 11) is 0. The fourth-order valence-corrected chi connectivity index (χ4v) is 0.886. The molecule has 1 aromatic carbocycles. The van der Waals surface area contributed by atoms with Gasteiger partial charge in [0.2, 0.25) is 0 Å². The third-order valence-electron chi connectivity index (χ3n) is 1.50. The maximum absolute atomic E-state index is 11.7. The molecule has 1 N–H and O–H groups in total. The monoisotopic (exact) mass is 183 g/mol. The third-order valence-corrected chi connectivity index (χ3v) is 1.50. The highest BCUT2D eigenvalue weighted by Gasteiger charge is 2.03. The SMILES string of the molecule is [2H]C([2H])([2H])C(CNC(=O)c1ccccc1)C([2H])([2H])[2H]. The highest BCUT2D eigenvalue weighted by Crippen LogP contribution is 1.98. The van der Waals surface area contributed by atoms with Crippen molar-refractivity contribution in [3.05, 3.63) is 35.9 Å². The topological polar surface area (TPSA) is 29.1 Å². The Bertz CT molecular complexity index is 411. The van der Waals surface area contributed by atoms with Crippen molar-refractivity contribution in [1.29, 1.82) is 0 Å². The molecule has 0 aliphatic heterocycles. The first kappa shape index (κ1) is 4.27. The summed E-state index contributed by atoms with van der Waals surface area (Å²) in [5, 5.41) is 2.35. The largest absolute Gasteiger partial charge is 0.352 e. The van der Waals surface area contributed by atoms with Gasteiger partial charge in [-0.3, -0.25) is 4.79 Å². The number of hydrogen-bond donors (Lipinski definition) is 1. The normalized spacial score (nSPS) is 18.8. The lowest BCUT2D eigenvalue weighted by molar-refractivity contribution is 0.0949. The second-order valence-corrected chi connectivity index (χ2v) is 2.63. The fourth-order valence-electron chi connectivity index (χ4n) is 0.886. The van der Waals surface area contributed by atoms with Crippen LogP contribution in [0.2, 0.25) is 0 Å². The molecule has 0 spiro atoms. The van der Waals surface area contributed by atoms with E-state index in [9.17, 15) is 4.79 Å². The van der Waals surface area contributed by atoms with Crippen LogP contribution in [0.1, 0.15) is 32.3 Å². The lowest BCUT2D eigenvalue weighted by atomic mass is 10.2. The van der Waals surface area contributed by atoms with E-state index in [-0.39, 0.29) is 0 Å². The minimum absolute atomic E-state index is 0.359. The summed E-state index contributed by atoms with van der Waals surface area (Å²) in [6, 6.07) is 8.20. The van der Waals surface area contributed by atoms with E-state index in [2.05, 4.69) is 5.32 Å². The van der Waals surface area contributed by atoms with Gasteiger partial charge in [-0.2, -0.15) is 0 Å². The predicted octanol–water partition coefficient (Wildman–Crippen LogP) is 2.07. The molecule has 2 nitrogen and oxygen atoms in total. The number of carbonyl (C=O) groups is 1. The van der Waals surface area contributed by atoms with E-state index in [1.807, 2.05) is 0 Å². The van der Waals surface area contributed by atoms with Crippen molar-refractivity contribution in [3.63, 3.8) is 0 Å². The number of nitrogens with one attached hydrogen (secondary N) is 1. The molecule has 0 saturated carbocycles. The van der Waals surface area contributed by atoms with Gasteiger partial charge in [0.05, 0.1) is 0 Å². The highest BCUT2D eigenvalue weighted by atomic mass is 16.1. The van der Waals surface area contributed by atoms with Crippen LogP contribution in [0.3, 0.4) is 0 Å². The molecule has 13 heavy (non-hydrogen) atoms. The summed E-state index contributed by atoms with van der Waals surface area (Å²) in [6.07, 6.45) is 0. The number of carbonyl (C=O) groups excluding carboxylic acids is 1. The van der Waals surface area contributed by atoms with Crippen molar-refractivity contribution in [2.75, 3.05) is 6.54 Å². The summed E-state index contributed by atoms with van der Waals surface area (Å²) in [6.45, 7) is -5.70. The van der Waals surface area contributed by atoms with Gasteiger partial charge in [0.15, 0.2) is 0 Å². The Morgan fingerprint density at radius 3 is 2.77 bits per heavy atom. The van der Waals surface area contributed by atoms with Gasteiger partial charge in [0.25, 0.3) is 5.91 Å². The van der Waals surface area contributed by atoms with Gasteiger partial charge in [-0.1, -0.05) is 31.9 Å². The Hall–Kier alpha value is -1.31. The van der Waals surface area contributed by atoms with Crippen molar-refractivity contribution in [2.45, 2.75) is 13.7 Å². The van der Waals surface area contributed by atoms with Gasteiger partial charge in [0.1, 0.15) is 0 Å². The first-order valence-corrected chi connectivity index (χ1v) is 3.95. The summed E-state index contributed by atoms with van der Waals surface area (Å²) in [5.74, 6) is -2.06. The van der Waals surface area contributed by atoms with Crippen LogP contribution in [0.25, 0.3) is 0 Å². The molecule has 1 amide bonds. The molecule has 0 radical (unpaired) electrons. The zero-order chi connectivity index (χ0) is 14.7. The maximum atomic E-state index is 11.7. The van der Waals surface area contributed by atoms with E-state index in [0.717, 1.165) is 0 Å². The van der Waals surface area contributed by atoms with Crippen LogP contribution in [-0.4, -0.2) is 12.5 Å². The van der Waals surface area contributed by atoms with Crippen molar-refractivity contribution in [2.24, 2.45) is 5.92 Å². The number of benzene rings is 1. The first-order chi connectivity index (χ1) is 8.62. The lowest BCUT2D eigenvalue weighted by Crippen LogP contribution is -2.27. The fraction of sp³-hybridized carbons (Fsp3) is 0.364. The van der Waals surface area contributed by atoms with E-state index < -0.39 is 32.1 Å². The molecule has 0 bridgehead atoms. The smallest absolute Gasteiger partial charge is 0.251 e. The minimum atomic E-state index is -2.64. The molecule has 0 atom stereocenters. The molecular weight excluding hydrogens is 162 g/mol. The number of hydrogen-bond acceptors (Lipinski definition) is 1. The first-order valence-electron chi connectivity index (χ1n) is 6.95. The van der Waals surface area contributed by atoms with Crippen LogP contribution < -0.4 is 5.32 Å². The Morgan fingerprint density at radius 1 is 1.46 bits per heavy atom. The predicted molar refractivity (Wildman–Crippen MR) is 53.6 cm³/mol. The van der Waals surface area contributed by atoms with E-state index in [1.54, 1.807) is 30.3 Å². The summed E-state index contributed by atoms with van der Waals surface area (Å²) >= 11 is 0. The Morgan fingerprint density at radius 2 is 2.15 bits per heavy atom. The Kier molecular flexibility index (Phi) is 1.53. The van der Waals surface area contributed by atoms with Crippen molar-refractivity contribution >= 4 is 5.91 Å². The summed E-state index contributed by atoms with van der Waals surface area (Å²) in [5.41, 5.74) is 0.359. The van der Waals surface area contributed by atoms with Crippen LogP contribution >= 0.6 is 0 Å². The van der Waals surface area contributed by atoms with Crippen molar-refractivity contribution < 1.29 is 13.0 Å². The number of rotatable bonds is 3. The molecule has 0 aliphatic rings. The molecule has 1 rings (SSSR count). The van der Waals surface area contributed by atoms with Crippen molar-refractivity contribution in [3.8, 4) is 0 Å². The van der Waals surface area contributed by atoms with Gasteiger partial charge in [0, 0.05) is 20.3 Å². The van der Waals surface area contributed by atoms with E-state index in [4.69, 9.17) is 8.22 Å². The lowest BCUT2D eigenvalue weighted by Gasteiger charge is -2.06. The van der Waals surface area contributed by atoms with Crippen LogP contribution in [-0.2, 0) is 0 Å². The molecule has 0 saturated heterocycles. The molecule has 2 heteroatoms. The van der Waals surface area contributed by atoms with Crippen molar-refractivity contribution in [1.82, 2.24) is 5.32 Å². The second kappa shape index (κ2) is 4.65. The van der Waals surface area contributed by atoms with E-state index >= 15 is 0 Å². The zero-order valence-electron chi connectivity index (χ0n) is 13.1. The Balaban J connectivity index is 2.71. The molecule has 70 valence electrons. The number of amides is 1. The van der Waals surface area contributed by atoms with Crippen LogP contribution in [0.15, 0.2) is 30.3 Å². The third kappa shape index (κ3) is 3.28. The zero-order valence-corrected chi connectivity index (χ0v) is 7.08. The van der Waals surface area contributed by atoms with Gasteiger partial charge >= 0.3 is 0 Å². The van der Waals surface area contributed by atoms with Gasteiger partial charge < -0.3 is 5.32 Å². The summed E-state index contributed by atoms with van der Waals surface area (Å²) in [4.78, 5) is 11.7. The second-order valence-electron chi connectivity index (χ2n) is 2.63. The van der Waals surface area contributed by atoms with Crippen LogP contribution in [0, 0.1) is 5.92 Å². The van der Waals surface area contributed by atoms with Gasteiger partial charge in [-0.05, 0) is 18.1 Å². The van der Waals surface area contributed by atoms with Gasteiger partial charge in [-0.25, -0.2) is 0 Å². The van der Waals surface area contributed by atoms with E-state index in [0.29, 0.717) is 5.56 Å².